The predicted molar refractivity (Wildman–Crippen MR) is 70.5 cm³/mol. The molecule has 0 radical (unpaired) electrons. The Bertz CT molecular complexity index is 379. The Hall–Kier alpha value is -1.55. The predicted octanol–water partition coefficient (Wildman–Crippen LogP) is 2.04. The van der Waals surface area contributed by atoms with Crippen LogP contribution < -0.4 is 10.1 Å². The average Bonchev–Trinajstić information content (AvgIpc) is 2.42. The number of rotatable bonds is 7. The number of aliphatic hydroxyl groups is 1. The first-order chi connectivity index (χ1) is 8.69. The third-order valence-electron chi connectivity index (χ3n) is 2.60. The summed E-state index contributed by atoms with van der Waals surface area (Å²) in [6.45, 7) is 4.53. The van der Waals surface area contributed by atoms with Crippen LogP contribution in [0.2, 0.25) is 0 Å². The lowest BCUT2D eigenvalue weighted by molar-refractivity contribution is -0.123. The number of carbonyl (C=O) groups is 1. The SMILES string of the molecule is CCCNC(=O)COc1ccccc1[C@@H](O)CC. The minimum absolute atomic E-state index is 0.0204. The minimum Gasteiger partial charge on any atom is -0.483 e. The summed E-state index contributed by atoms with van der Waals surface area (Å²) in [4.78, 5) is 11.4. The van der Waals surface area contributed by atoms with Gasteiger partial charge in [0.2, 0.25) is 0 Å². The van der Waals surface area contributed by atoms with Crippen LogP contribution in [0, 0.1) is 0 Å². The molecule has 2 N–H and O–H groups in total. The van der Waals surface area contributed by atoms with Gasteiger partial charge in [0.25, 0.3) is 5.91 Å². The van der Waals surface area contributed by atoms with Crippen molar-refractivity contribution in [1.82, 2.24) is 5.32 Å². The average molecular weight is 251 g/mol. The second kappa shape index (κ2) is 7.71. The molecule has 0 unspecified atom stereocenters. The van der Waals surface area contributed by atoms with E-state index in [-0.39, 0.29) is 12.5 Å². The number of para-hydroxylation sites is 1. The minimum atomic E-state index is -0.556. The van der Waals surface area contributed by atoms with Gasteiger partial charge in [0.1, 0.15) is 5.75 Å². The van der Waals surface area contributed by atoms with E-state index in [2.05, 4.69) is 5.32 Å². The zero-order valence-electron chi connectivity index (χ0n) is 11.0. The van der Waals surface area contributed by atoms with E-state index in [0.717, 1.165) is 12.0 Å². The van der Waals surface area contributed by atoms with Crippen molar-refractivity contribution in [3.63, 3.8) is 0 Å². The van der Waals surface area contributed by atoms with Gasteiger partial charge in [-0.25, -0.2) is 0 Å². The van der Waals surface area contributed by atoms with Crippen molar-refractivity contribution >= 4 is 5.91 Å². The molecule has 0 aliphatic rings. The van der Waals surface area contributed by atoms with Crippen molar-refractivity contribution in [2.45, 2.75) is 32.8 Å². The molecular weight excluding hydrogens is 230 g/mol. The molecule has 100 valence electrons. The lowest BCUT2D eigenvalue weighted by atomic mass is 10.1. The Balaban J connectivity index is 2.59. The van der Waals surface area contributed by atoms with Crippen LogP contribution >= 0.6 is 0 Å². The standard InChI is InChI=1S/C14H21NO3/c1-3-9-15-14(17)10-18-13-8-6-5-7-11(13)12(16)4-2/h5-8,12,16H,3-4,9-10H2,1-2H3,(H,15,17)/t12-/m0/s1. The largest absolute Gasteiger partial charge is 0.483 e. The van der Waals surface area contributed by atoms with E-state index in [9.17, 15) is 9.90 Å². The number of hydrogen-bond acceptors (Lipinski definition) is 3. The summed E-state index contributed by atoms with van der Waals surface area (Å²) >= 11 is 0. The zero-order valence-corrected chi connectivity index (χ0v) is 11.0. The topological polar surface area (TPSA) is 58.6 Å². The summed E-state index contributed by atoms with van der Waals surface area (Å²) in [5.41, 5.74) is 0.725. The molecule has 0 aliphatic carbocycles. The fourth-order valence-corrected chi connectivity index (χ4v) is 1.57. The van der Waals surface area contributed by atoms with Crippen molar-refractivity contribution in [3.05, 3.63) is 29.8 Å². The van der Waals surface area contributed by atoms with Crippen molar-refractivity contribution in [3.8, 4) is 5.75 Å². The number of ether oxygens (including phenoxy) is 1. The van der Waals surface area contributed by atoms with Gasteiger partial charge in [-0.05, 0) is 18.9 Å². The summed E-state index contributed by atoms with van der Waals surface area (Å²) in [6.07, 6.45) is 0.958. The van der Waals surface area contributed by atoms with Crippen molar-refractivity contribution in [2.75, 3.05) is 13.2 Å². The van der Waals surface area contributed by atoms with Crippen molar-refractivity contribution < 1.29 is 14.6 Å². The van der Waals surface area contributed by atoms with Crippen molar-refractivity contribution in [2.24, 2.45) is 0 Å². The number of benzene rings is 1. The molecule has 0 bridgehead atoms. The van der Waals surface area contributed by atoms with Gasteiger partial charge in [0, 0.05) is 12.1 Å². The highest BCUT2D eigenvalue weighted by Crippen LogP contribution is 2.26. The monoisotopic (exact) mass is 251 g/mol. The van der Waals surface area contributed by atoms with Crippen LogP contribution in [0.1, 0.15) is 38.4 Å². The molecule has 1 aromatic carbocycles. The first kappa shape index (κ1) is 14.5. The molecule has 0 aromatic heterocycles. The van der Waals surface area contributed by atoms with Gasteiger partial charge in [-0.2, -0.15) is 0 Å². The summed E-state index contributed by atoms with van der Waals surface area (Å²) in [6, 6.07) is 7.25. The quantitative estimate of drug-likeness (QED) is 0.779. The van der Waals surface area contributed by atoms with E-state index in [1.807, 2.05) is 32.0 Å². The highest BCUT2D eigenvalue weighted by atomic mass is 16.5. The number of nitrogens with one attached hydrogen (secondary N) is 1. The van der Waals surface area contributed by atoms with Gasteiger partial charge < -0.3 is 15.2 Å². The van der Waals surface area contributed by atoms with Crippen LogP contribution in [0.4, 0.5) is 0 Å². The van der Waals surface area contributed by atoms with E-state index in [0.29, 0.717) is 18.7 Å². The van der Waals surface area contributed by atoms with Gasteiger partial charge in [-0.3, -0.25) is 4.79 Å². The van der Waals surface area contributed by atoms with Gasteiger partial charge in [-0.15, -0.1) is 0 Å². The van der Waals surface area contributed by atoms with Crippen LogP contribution in [0.15, 0.2) is 24.3 Å². The zero-order chi connectivity index (χ0) is 13.4. The maximum atomic E-state index is 11.4. The van der Waals surface area contributed by atoms with Gasteiger partial charge >= 0.3 is 0 Å². The molecule has 0 spiro atoms. The molecular formula is C14H21NO3. The molecule has 0 fully saturated rings. The first-order valence-corrected chi connectivity index (χ1v) is 6.35. The van der Waals surface area contributed by atoms with Crippen LogP contribution in [0.5, 0.6) is 5.75 Å². The van der Waals surface area contributed by atoms with E-state index >= 15 is 0 Å². The summed E-state index contributed by atoms with van der Waals surface area (Å²) < 4.78 is 5.45. The van der Waals surface area contributed by atoms with Crippen LogP contribution in [-0.2, 0) is 4.79 Å². The summed E-state index contributed by atoms with van der Waals surface area (Å²) in [5.74, 6) is 0.427. The summed E-state index contributed by atoms with van der Waals surface area (Å²) in [7, 11) is 0. The molecule has 0 saturated carbocycles. The molecule has 1 atom stereocenters. The molecule has 0 saturated heterocycles. The fourth-order valence-electron chi connectivity index (χ4n) is 1.57. The molecule has 1 amide bonds. The van der Waals surface area contributed by atoms with Crippen molar-refractivity contribution in [1.29, 1.82) is 0 Å². The van der Waals surface area contributed by atoms with E-state index in [4.69, 9.17) is 4.74 Å². The van der Waals surface area contributed by atoms with E-state index in [1.165, 1.54) is 0 Å². The highest BCUT2D eigenvalue weighted by Gasteiger charge is 2.12. The molecule has 0 aliphatic heterocycles. The molecule has 0 heterocycles. The Kier molecular flexibility index (Phi) is 6.22. The van der Waals surface area contributed by atoms with Crippen LogP contribution in [0.25, 0.3) is 0 Å². The fraction of sp³-hybridized carbons (Fsp3) is 0.500. The highest BCUT2D eigenvalue weighted by molar-refractivity contribution is 5.77. The Morgan fingerprint density at radius 3 is 2.78 bits per heavy atom. The second-order valence-corrected chi connectivity index (χ2v) is 4.10. The lowest BCUT2D eigenvalue weighted by Gasteiger charge is -2.14. The normalized spacial score (nSPS) is 11.9. The number of carbonyl (C=O) groups excluding carboxylic acids is 1. The van der Waals surface area contributed by atoms with Gasteiger partial charge in [-0.1, -0.05) is 32.0 Å². The van der Waals surface area contributed by atoms with Crippen LogP contribution in [-0.4, -0.2) is 24.2 Å². The number of aliphatic hydroxyl groups excluding tert-OH is 1. The molecule has 1 rings (SSSR count). The molecule has 1 aromatic rings. The van der Waals surface area contributed by atoms with Gasteiger partial charge in [0.15, 0.2) is 6.61 Å². The Labute approximate surface area is 108 Å². The maximum absolute atomic E-state index is 11.4. The molecule has 4 heteroatoms. The first-order valence-electron chi connectivity index (χ1n) is 6.35. The smallest absolute Gasteiger partial charge is 0.257 e. The van der Waals surface area contributed by atoms with Gasteiger partial charge in [0.05, 0.1) is 6.10 Å². The number of amides is 1. The van der Waals surface area contributed by atoms with Crippen LogP contribution in [0.3, 0.4) is 0 Å². The Morgan fingerprint density at radius 2 is 2.11 bits per heavy atom. The Morgan fingerprint density at radius 1 is 1.39 bits per heavy atom. The third kappa shape index (κ3) is 4.37. The van der Waals surface area contributed by atoms with E-state index in [1.54, 1.807) is 6.07 Å². The van der Waals surface area contributed by atoms with E-state index < -0.39 is 6.10 Å². The molecule has 4 nitrogen and oxygen atoms in total. The second-order valence-electron chi connectivity index (χ2n) is 4.10. The maximum Gasteiger partial charge on any atom is 0.257 e. The number of hydrogen-bond donors (Lipinski definition) is 2. The third-order valence-corrected chi connectivity index (χ3v) is 2.60. The lowest BCUT2D eigenvalue weighted by Crippen LogP contribution is -2.29. The molecule has 18 heavy (non-hydrogen) atoms. The summed E-state index contributed by atoms with van der Waals surface area (Å²) in [5, 5.41) is 12.6.